The maximum Gasteiger partial charge on any atom is 0.271 e. The van der Waals surface area contributed by atoms with Crippen molar-refractivity contribution in [1.82, 2.24) is 20.0 Å². The monoisotopic (exact) mass is 406 g/mol. The van der Waals surface area contributed by atoms with Gasteiger partial charge in [0.05, 0.1) is 5.69 Å². The van der Waals surface area contributed by atoms with E-state index in [0.29, 0.717) is 43.9 Å². The normalized spacial score (nSPS) is 14.5. The average Bonchev–Trinajstić information content (AvgIpc) is 3.12. The first-order valence-corrected chi connectivity index (χ1v) is 9.98. The largest absolute Gasteiger partial charge is 0.337 e. The standard InChI is InChI=1S/C23H23FN4O2/c1-16-3-5-17(6-4-16)20-15-21(26-25-20)23(30)28-12-2-11-27(13-14-28)22(29)18-7-9-19(24)10-8-18/h3-10,15H,2,11-14H2,1H3,(H,25,26). The first-order chi connectivity index (χ1) is 14.5. The highest BCUT2D eigenvalue weighted by Crippen LogP contribution is 2.19. The number of H-pyrrole nitrogens is 1. The van der Waals surface area contributed by atoms with Gasteiger partial charge in [0.25, 0.3) is 11.8 Å². The number of hydrogen-bond acceptors (Lipinski definition) is 3. The van der Waals surface area contributed by atoms with Crippen molar-refractivity contribution in [1.29, 1.82) is 0 Å². The predicted molar refractivity (Wildman–Crippen MR) is 112 cm³/mol. The smallest absolute Gasteiger partial charge is 0.271 e. The van der Waals surface area contributed by atoms with E-state index in [1.807, 2.05) is 31.2 Å². The van der Waals surface area contributed by atoms with Gasteiger partial charge in [-0.25, -0.2) is 4.39 Å². The number of carbonyl (C=O) groups excluding carboxylic acids is 2. The summed E-state index contributed by atoms with van der Waals surface area (Å²) in [6, 6.07) is 15.3. The highest BCUT2D eigenvalue weighted by molar-refractivity contribution is 5.95. The number of aromatic amines is 1. The lowest BCUT2D eigenvalue weighted by Crippen LogP contribution is -2.37. The number of benzene rings is 2. The molecule has 0 atom stereocenters. The maximum atomic E-state index is 13.1. The van der Waals surface area contributed by atoms with Crippen molar-refractivity contribution in [3.63, 3.8) is 0 Å². The Morgan fingerprint density at radius 3 is 2.20 bits per heavy atom. The van der Waals surface area contributed by atoms with Crippen LogP contribution in [0.3, 0.4) is 0 Å². The number of aromatic nitrogens is 2. The first-order valence-electron chi connectivity index (χ1n) is 9.98. The van der Waals surface area contributed by atoms with Gasteiger partial charge in [0.2, 0.25) is 0 Å². The topological polar surface area (TPSA) is 69.3 Å². The Hall–Kier alpha value is -3.48. The summed E-state index contributed by atoms with van der Waals surface area (Å²) in [7, 11) is 0. The van der Waals surface area contributed by atoms with Gasteiger partial charge in [-0.05, 0) is 43.7 Å². The van der Waals surface area contributed by atoms with Crippen molar-refractivity contribution in [2.45, 2.75) is 13.3 Å². The quantitative estimate of drug-likeness (QED) is 0.724. The van der Waals surface area contributed by atoms with Gasteiger partial charge in [0, 0.05) is 37.3 Å². The number of nitrogens with one attached hydrogen (secondary N) is 1. The van der Waals surface area contributed by atoms with Crippen LogP contribution in [0.5, 0.6) is 0 Å². The molecule has 7 heteroatoms. The minimum absolute atomic E-state index is 0.128. The summed E-state index contributed by atoms with van der Waals surface area (Å²) in [5.74, 6) is -0.645. The predicted octanol–water partition coefficient (Wildman–Crippen LogP) is 3.51. The highest BCUT2D eigenvalue weighted by Gasteiger charge is 2.24. The van der Waals surface area contributed by atoms with Gasteiger partial charge in [-0.3, -0.25) is 14.7 Å². The minimum atomic E-state index is -0.372. The average molecular weight is 406 g/mol. The molecule has 2 aromatic carbocycles. The summed E-state index contributed by atoms with van der Waals surface area (Å²) in [5, 5.41) is 7.12. The summed E-state index contributed by atoms with van der Waals surface area (Å²) < 4.78 is 13.1. The van der Waals surface area contributed by atoms with Crippen LogP contribution in [-0.4, -0.2) is 58.0 Å². The fraction of sp³-hybridized carbons (Fsp3) is 0.261. The molecule has 1 aliphatic rings. The molecule has 2 heterocycles. The molecule has 0 spiro atoms. The molecule has 0 aliphatic carbocycles. The van der Waals surface area contributed by atoms with Gasteiger partial charge in [0.1, 0.15) is 11.5 Å². The molecule has 3 aromatic rings. The number of carbonyl (C=O) groups is 2. The number of hydrogen-bond donors (Lipinski definition) is 1. The van der Waals surface area contributed by atoms with Crippen LogP contribution in [0.1, 0.15) is 32.8 Å². The third kappa shape index (κ3) is 4.25. The lowest BCUT2D eigenvalue weighted by atomic mass is 10.1. The Bertz CT molecular complexity index is 1040. The molecule has 1 aliphatic heterocycles. The second-order valence-electron chi connectivity index (χ2n) is 7.48. The highest BCUT2D eigenvalue weighted by atomic mass is 19.1. The summed E-state index contributed by atoms with van der Waals surface area (Å²) in [6.45, 7) is 4.00. The van der Waals surface area contributed by atoms with Gasteiger partial charge in [-0.1, -0.05) is 29.8 Å². The van der Waals surface area contributed by atoms with Crippen LogP contribution >= 0.6 is 0 Å². The second-order valence-corrected chi connectivity index (χ2v) is 7.48. The zero-order chi connectivity index (χ0) is 21.1. The van der Waals surface area contributed by atoms with Crippen LogP contribution in [0, 0.1) is 12.7 Å². The van der Waals surface area contributed by atoms with E-state index < -0.39 is 0 Å². The van der Waals surface area contributed by atoms with E-state index in [-0.39, 0.29) is 17.6 Å². The van der Waals surface area contributed by atoms with Crippen molar-refractivity contribution < 1.29 is 14.0 Å². The Morgan fingerprint density at radius 2 is 1.53 bits per heavy atom. The molecule has 1 saturated heterocycles. The Balaban J connectivity index is 1.42. The molecule has 154 valence electrons. The van der Waals surface area contributed by atoms with Crippen LogP contribution in [0.15, 0.2) is 54.6 Å². The van der Waals surface area contributed by atoms with E-state index in [1.165, 1.54) is 24.3 Å². The van der Waals surface area contributed by atoms with E-state index >= 15 is 0 Å². The maximum absolute atomic E-state index is 13.1. The zero-order valence-electron chi connectivity index (χ0n) is 16.8. The van der Waals surface area contributed by atoms with Crippen molar-refractivity contribution in [2.24, 2.45) is 0 Å². The first kappa shape index (κ1) is 19.8. The summed E-state index contributed by atoms with van der Waals surface area (Å²) in [6.07, 6.45) is 0.678. The third-order valence-electron chi connectivity index (χ3n) is 5.32. The van der Waals surface area contributed by atoms with Crippen LogP contribution in [0.2, 0.25) is 0 Å². The Morgan fingerprint density at radius 1 is 0.900 bits per heavy atom. The van der Waals surface area contributed by atoms with E-state index in [9.17, 15) is 14.0 Å². The fourth-order valence-electron chi connectivity index (χ4n) is 3.57. The molecule has 6 nitrogen and oxygen atoms in total. The fourth-order valence-corrected chi connectivity index (χ4v) is 3.57. The SMILES string of the molecule is Cc1ccc(-c2cc(C(=O)N3CCCN(C(=O)c4ccc(F)cc4)CC3)[nH]n2)cc1. The molecule has 1 N–H and O–H groups in total. The molecule has 1 aromatic heterocycles. The van der Waals surface area contributed by atoms with Crippen LogP contribution in [-0.2, 0) is 0 Å². The molecule has 0 radical (unpaired) electrons. The summed E-state index contributed by atoms with van der Waals surface area (Å²) in [4.78, 5) is 29.1. The lowest BCUT2D eigenvalue weighted by Gasteiger charge is -2.22. The van der Waals surface area contributed by atoms with Crippen molar-refractivity contribution in [3.05, 3.63) is 77.2 Å². The number of halogens is 1. The van der Waals surface area contributed by atoms with E-state index in [2.05, 4.69) is 10.2 Å². The van der Waals surface area contributed by atoms with Crippen LogP contribution < -0.4 is 0 Å². The molecule has 4 rings (SSSR count). The Kier molecular flexibility index (Phi) is 5.61. The number of aryl methyl sites for hydroxylation is 1. The van der Waals surface area contributed by atoms with E-state index in [4.69, 9.17) is 0 Å². The zero-order valence-corrected chi connectivity index (χ0v) is 16.8. The molecule has 0 saturated carbocycles. The number of rotatable bonds is 3. The van der Waals surface area contributed by atoms with Crippen molar-refractivity contribution >= 4 is 11.8 Å². The van der Waals surface area contributed by atoms with Crippen LogP contribution in [0.25, 0.3) is 11.3 Å². The molecule has 1 fully saturated rings. The summed E-state index contributed by atoms with van der Waals surface area (Å²) in [5.41, 5.74) is 3.72. The number of nitrogens with zero attached hydrogens (tertiary/aromatic N) is 3. The van der Waals surface area contributed by atoms with Gasteiger partial charge >= 0.3 is 0 Å². The molecular weight excluding hydrogens is 383 g/mol. The molecule has 30 heavy (non-hydrogen) atoms. The van der Waals surface area contributed by atoms with Crippen molar-refractivity contribution in [3.8, 4) is 11.3 Å². The van der Waals surface area contributed by atoms with Gasteiger partial charge in [-0.2, -0.15) is 5.10 Å². The van der Waals surface area contributed by atoms with Gasteiger partial charge in [0.15, 0.2) is 0 Å². The second kappa shape index (κ2) is 8.49. The molecule has 2 amide bonds. The lowest BCUT2D eigenvalue weighted by molar-refractivity contribution is 0.0715. The molecular formula is C23H23FN4O2. The number of amides is 2. The minimum Gasteiger partial charge on any atom is -0.337 e. The third-order valence-corrected chi connectivity index (χ3v) is 5.32. The van der Waals surface area contributed by atoms with Gasteiger partial charge in [-0.15, -0.1) is 0 Å². The van der Waals surface area contributed by atoms with Crippen molar-refractivity contribution in [2.75, 3.05) is 26.2 Å². The Labute approximate surface area is 174 Å². The van der Waals surface area contributed by atoms with E-state index in [0.717, 1.165) is 16.8 Å². The van der Waals surface area contributed by atoms with E-state index in [1.54, 1.807) is 15.9 Å². The molecule has 0 bridgehead atoms. The van der Waals surface area contributed by atoms with Crippen LogP contribution in [0.4, 0.5) is 4.39 Å². The van der Waals surface area contributed by atoms with Gasteiger partial charge < -0.3 is 9.80 Å². The molecule has 0 unspecified atom stereocenters. The summed E-state index contributed by atoms with van der Waals surface area (Å²) >= 11 is 0.